The lowest BCUT2D eigenvalue weighted by molar-refractivity contribution is 0.590. The predicted octanol–water partition coefficient (Wildman–Crippen LogP) is 13.8. The highest BCUT2D eigenvalue weighted by Crippen LogP contribution is 2.23. The summed E-state index contributed by atoms with van der Waals surface area (Å²) in [5.41, 5.74) is 10.4. The summed E-state index contributed by atoms with van der Waals surface area (Å²) in [7, 11) is 0. The zero-order valence-corrected chi connectivity index (χ0v) is 30.7. The van der Waals surface area contributed by atoms with Gasteiger partial charge < -0.3 is 10.6 Å². The predicted molar refractivity (Wildman–Crippen MR) is 208 cm³/mol. The molecule has 5 aromatic carbocycles. The van der Waals surface area contributed by atoms with Crippen LogP contribution in [0.1, 0.15) is 91.5 Å². The van der Waals surface area contributed by atoms with Crippen molar-refractivity contribution in [3.63, 3.8) is 0 Å². The van der Waals surface area contributed by atoms with E-state index >= 15 is 0 Å². The summed E-state index contributed by atoms with van der Waals surface area (Å²) >= 11 is 0. The molecule has 0 amide bonds. The van der Waals surface area contributed by atoms with E-state index < -0.39 is 0 Å². The third kappa shape index (κ3) is 15.6. The maximum Gasteiger partial charge on any atom is 0.0385 e. The topological polar surface area (TPSA) is 24.1 Å². The van der Waals surface area contributed by atoms with Crippen molar-refractivity contribution in [3.8, 4) is 0 Å². The number of anilines is 4. The SMILES string of the molecule is CC.CC.Cc1ccc(C(C)(C)C)cc1.Cc1ccc(C(C)(C)C)cc1.c1ccc(Nc2ccc(Nc3ccccc3)cc2)cc1. The second kappa shape index (κ2) is 20.7. The molecule has 0 radical (unpaired) electrons. The van der Waals surface area contributed by atoms with Crippen molar-refractivity contribution in [2.75, 3.05) is 10.6 Å². The van der Waals surface area contributed by atoms with Gasteiger partial charge in [0.25, 0.3) is 0 Å². The van der Waals surface area contributed by atoms with Gasteiger partial charge in [0.1, 0.15) is 0 Å². The number of hydrogen-bond donors (Lipinski definition) is 2. The van der Waals surface area contributed by atoms with Crippen molar-refractivity contribution in [3.05, 3.63) is 156 Å². The highest BCUT2D eigenvalue weighted by atomic mass is 14.9. The van der Waals surface area contributed by atoms with E-state index in [4.69, 9.17) is 0 Å². The molecule has 0 aliphatic rings. The number of aryl methyl sites for hydroxylation is 2. The minimum Gasteiger partial charge on any atom is -0.356 e. The van der Waals surface area contributed by atoms with Crippen LogP contribution in [0.4, 0.5) is 22.7 Å². The van der Waals surface area contributed by atoms with Crippen molar-refractivity contribution < 1.29 is 0 Å². The Kier molecular flexibility index (Phi) is 17.9. The van der Waals surface area contributed by atoms with Gasteiger partial charge in [0.05, 0.1) is 0 Å². The molecular weight excluding hydrogens is 556 g/mol. The Hall–Kier alpha value is -4.30. The summed E-state index contributed by atoms with van der Waals surface area (Å²) in [6.07, 6.45) is 0. The second-order valence-electron chi connectivity index (χ2n) is 12.8. The summed E-state index contributed by atoms with van der Waals surface area (Å²) < 4.78 is 0. The molecule has 0 bridgehead atoms. The number of nitrogens with one attached hydrogen (secondary N) is 2. The van der Waals surface area contributed by atoms with Crippen LogP contribution in [0, 0.1) is 13.8 Å². The molecule has 5 aromatic rings. The van der Waals surface area contributed by atoms with E-state index in [-0.39, 0.29) is 10.8 Å². The largest absolute Gasteiger partial charge is 0.356 e. The zero-order chi connectivity index (χ0) is 34.6. The molecule has 0 heterocycles. The summed E-state index contributed by atoms with van der Waals surface area (Å²) in [5.74, 6) is 0. The molecule has 0 saturated carbocycles. The Morgan fingerprint density at radius 2 is 0.565 bits per heavy atom. The molecule has 246 valence electrons. The molecule has 0 aliphatic carbocycles. The molecule has 0 atom stereocenters. The summed E-state index contributed by atoms with van der Waals surface area (Å²) in [6.45, 7) is 25.6. The summed E-state index contributed by atoms with van der Waals surface area (Å²) in [5, 5.41) is 6.73. The van der Waals surface area contributed by atoms with Gasteiger partial charge in [-0.3, -0.25) is 0 Å². The van der Waals surface area contributed by atoms with Crippen LogP contribution in [-0.2, 0) is 10.8 Å². The Balaban J connectivity index is 0.000000350. The first-order valence-corrected chi connectivity index (χ1v) is 16.8. The van der Waals surface area contributed by atoms with E-state index in [9.17, 15) is 0 Å². The highest BCUT2D eigenvalue weighted by molar-refractivity contribution is 5.65. The van der Waals surface area contributed by atoms with Crippen LogP contribution < -0.4 is 10.6 Å². The molecule has 0 aliphatic heterocycles. The fourth-order valence-corrected chi connectivity index (χ4v) is 4.12. The maximum atomic E-state index is 3.37. The first kappa shape index (κ1) is 39.7. The van der Waals surface area contributed by atoms with E-state index in [1.807, 2.05) is 64.1 Å². The van der Waals surface area contributed by atoms with Gasteiger partial charge in [-0.15, -0.1) is 0 Å². The van der Waals surface area contributed by atoms with Gasteiger partial charge in [0, 0.05) is 22.7 Å². The maximum absolute atomic E-state index is 3.37. The zero-order valence-electron chi connectivity index (χ0n) is 30.7. The van der Waals surface area contributed by atoms with Gasteiger partial charge in [-0.25, -0.2) is 0 Å². The van der Waals surface area contributed by atoms with Crippen LogP contribution in [0.3, 0.4) is 0 Å². The molecule has 0 saturated heterocycles. The van der Waals surface area contributed by atoms with Crippen LogP contribution >= 0.6 is 0 Å². The van der Waals surface area contributed by atoms with Gasteiger partial charge in [0.2, 0.25) is 0 Å². The standard InChI is InChI=1S/C18H16N2.2C11H16.2C2H6/c1-3-7-15(8-4-1)19-17-11-13-18(14-12-17)20-16-9-5-2-6-10-16;2*1-9-5-7-10(8-6-9)11(2,3)4;2*1-2/h1-14,19-20H;2*5-8H,1-4H3;2*1-2H3. The van der Waals surface area contributed by atoms with Crippen molar-refractivity contribution in [2.45, 2.75) is 93.9 Å². The normalized spacial score (nSPS) is 10.2. The number of hydrogen-bond acceptors (Lipinski definition) is 2. The third-order valence-electron chi connectivity index (χ3n) is 6.85. The average Bonchev–Trinajstić information content (AvgIpc) is 3.05. The molecule has 0 aromatic heterocycles. The lowest BCUT2D eigenvalue weighted by atomic mass is 9.87. The fraction of sp³-hybridized carbons (Fsp3) is 0.318. The summed E-state index contributed by atoms with van der Waals surface area (Å²) in [6, 6.07) is 46.1. The highest BCUT2D eigenvalue weighted by Gasteiger charge is 2.12. The van der Waals surface area contributed by atoms with Crippen molar-refractivity contribution in [1.29, 1.82) is 0 Å². The van der Waals surface area contributed by atoms with Crippen LogP contribution in [0.15, 0.2) is 133 Å². The third-order valence-corrected chi connectivity index (χ3v) is 6.85. The quantitative estimate of drug-likeness (QED) is 0.210. The van der Waals surface area contributed by atoms with E-state index in [1.54, 1.807) is 0 Å². The van der Waals surface area contributed by atoms with Gasteiger partial charge in [-0.1, -0.05) is 165 Å². The number of rotatable bonds is 4. The van der Waals surface area contributed by atoms with Crippen LogP contribution in [0.25, 0.3) is 0 Å². The van der Waals surface area contributed by atoms with Crippen molar-refractivity contribution in [1.82, 2.24) is 0 Å². The molecule has 0 fully saturated rings. The first-order chi connectivity index (χ1) is 21.9. The first-order valence-electron chi connectivity index (χ1n) is 16.8. The van der Waals surface area contributed by atoms with Crippen molar-refractivity contribution in [2.24, 2.45) is 0 Å². The molecule has 5 rings (SSSR count). The molecule has 46 heavy (non-hydrogen) atoms. The second-order valence-corrected chi connectivity index (χ2v) is 12.8. The number of benzene rings is 5. The Labute approximate surface area is 282 Å². The molecular formula is C44H60N2. The monoisotopic (exact) mass is 616 g/mol. The van der Waals surface area contributed by atoms with Gasteiger partial charge >= 0.3 is 0 Å². The van der Waals surface area contributed by atoms with Crippen LogP contribution in [0.5, 0.6) is 0 Å². The Bertz CT molecular complexity index is 1320. The lowest BCUT2D eigenvalue weighted by Crippen LogP contribution is -2.10. The van der Waals surface area contributed by atoms with Crippen molar-refractivity contribution >= 4 is 22.7 Å². The lowest BCUT2D eigenvalue weighted by Gasteiger charge is -2.18. The van der Waals surface area contributed by atoms with Gasteiger partial charge in [-0.05, 0) is 84.3 Å². The van der Waals surface area contributed by atoms with Crippen LogP contribution in [-0.4, -0.2) is 0 Å². The van der Waals surface area contributed by atoms with Crippen LogP contribution in [0.2, 0.25) is 0 Å². The van der Waals surface area contributed by atoms with E-state index in [0.29, 0.717) is 0 Å². The minimum absolute atomic E-state index is 0.285. The smallest absolute Gasteiger partial charge is 0.0385 e. The van der Waals surface area contributed by atoms with E-state index in [2.05, 4.69) is 163 Å². The summed E-state index contributed by atoms with van der Waals surface area (Å²) in [4.78, 5) is 0. The van der Waals surface area contributed by atoms with Gasteiger partial charge in [0.15, 0.2) is 0 Å². The molecule has 2 nitrogen and oxygen atoms in total. The Morgan fingerprint density at radius 1 is 0.326 bits per heavy atom. The minimum atomic E-state index is 0.285. The average molecular weight is 617 g/mol. The molecule has 0 spiro atoms. The van der Waals surface area contributed by atoms with E-state index in [0.717, 1.165) is 22.7 Å². The molecule has 2 N–H and O–H groups in total. The molecule has 2 heteroatoms. The Morgan fingerprint density at radius 3 is 0.804 bits per heavy atom. The molecule has 0 unspecified atom stereocenters. The van der Waals surface area contributed by atoms with E-state index in [1.165, 1.54) is 22.3 Å². The fourth-order valence-electron chi connectivity index (χ4n) is 4.12. The van der Waals surface area contributed by atoms with Gasteiger partial charge in [-0.2, -0.15) is 0 Å². The number of para-hydroxylation sites is 2.